The molecule has 26 heavy (non-hydrogen) atoms. The van der Waals surface area contributed by atoms with Crippen molar-refractivity contribution in [1.29, 1.82) is 10.5 Å². The van der Waals surface area contributed by atoms with Crippen LogP contribution in [0.5, 0.6) is 11.8 Å². The quantitative estimate of drug-likeness (QED) is 0.769. The van der Waals surface area contributed by atoms with Gasteiger partial charge in [0.1, 0.15) is 12.1 Å². The second-order valence-electron chi connectivity index (χ2n) is 5.56. The van der Waals surface area contributed by atoms with E-state index in [1.165, 1.54) is 6.33 Å². The number of nitrogens with one attached hydrogen (secondary N) is 1. The molecule has 7 nitrogen and oxygen atoms in total. The highest BCUT2D eigenvalue weighted by molar-refractivity contribution is 5.55. The zero-order valence-electron chi connectivity index (χ0n) is 14.2. The van der Waals surface area contributed by atoms with Crippen LogP contribution in [0.3, 0.4) is 0 Å². The summed E-state index contributed by atoms with van der Waals surface area (Å²) in [6.45, 7) is 3.72. The number of hydrogen-bond acceptors (Lipinski definition) is 7. The first-order valence-electron chi connectivity index (χ1n) is 7.74. The predicted octanol–water partition coefficient (Wildman–Crippen LogP) is 3.77. The molecule has 3 rings (SSSR count). The fourth-order valence-electron chi connectivity index (χ4n) is 2.41. The summed E-state index contributed by atoms with van der Waals surface area (Å²) in [5.41, 5.74) is 3.53. The van der Waals surface area contributed by atoms with Crippen LogP contribution in [0.1, 0.15) is 22.3 Å². The fraction of sp³-hybridized carbons (Fsp3) is 0.105. The molecule has 0 aliphatic carbocycles. The maximum Gasteiger partial charge on any atom is 0.326 e. The van der Waals surface area contributed by atoms with Crippen molar-refractivity contribution in [2.24, 2.45) is 0 Å². The van der Waals surface area contributed by atoms with Gasteiger partial charge in [-0.1, -0.05) is 0 Å². The zero-order chi connectivity index (χ0) is 18.5. The van der Waals surface area contributed by atoms with Crippen molar-refractivity contribution in [3.63, 3.8) is 0 Å². The van der Waals surface area contributed by atoms with Crippen LogP contribution in [0.25, 0.3) is 0 Å². The van der Waals surface area contributed by atoms with Gasteiger partial charge in [0.15, 0.2) is 0 Å². The first-order valence-corrected chi connectivity index (χ1v) is 7.74. The number of aromatic nitrogens is 3. The van der Waals surface area contributed by atoms with E-state index in [0.717, 1.165) is 16.8 Å². The Morgan fingerprint density at radius 3 is 2.19 bits per heavy atom. The van der Waals surface area contributed by atoms with Crippen molar-refractivity contribution in [1.82, 2.24) is 15.0 Å². The highest BCUT2D eigenvalue weighted by atomic mass is 16.5. The largest absolute Gasteiger partial charge is 0.424 e. The second kappa shape index (κ2) is 7.29. The predicted molar refractivity (Wildman–Crippen MR) is 95.0 cm³/mol. The molecule has 0 spiro atoms. The van der Waals surface area contributed by atoms with E-state index in [1.54, 1.807) is 36.4 Å². The van der Waals surface area contributed by atoms with E-state index < -0.39 is 0 Å². The summed E-state index contributed by atoms with van der Waals surface area (Å²) in [4.78, 5) is 12.4. The molecule has 1 heterocycles. The maximum absolute atomic E-state index is 9.03. The van der Waals surface area contributed by atoms with Gasteiger partial charge in [-0.25, -0.2) is 4.98 Å². The highest BCUT2D eigenvalue weighted by Gasteiger charge is 2.10. The molecule has 0 radical (unpaired) electrons. The lowest BCUT2D eigenvalue weighted by Crippen LogP contribution is -2.01. The Morgan fingerprint density at radius 2 is 1.58 bits per heavy atom. The molecule has 126 valence electrons. The third-order valence-corrected chi connectivity index (χ3v) is 3.60. The minimum absolute atomic E-state index is 0.145. The van der Waals surface area contributed by atoms with E-state index in [4.69, 9.17) is 15.3 Å². The summed E-state index contributed by atoms with van der Waals surface area (Å²) in [5.74, 6) is 0.934. The number of nitrogens with zero attached hydrogens (tertiary/aromatic N) is 5. The lowest BCUT2D eigenvalue weighted by molar-refractivity contribution is 0.434. The van der Waals surface area contributed by atoms with E-state index in [-0.39, 0.29) is 6.01 Å². The summed E-state index contributed by atoms with van der Waals surface area (Å²) < 4.78 is 5.80. The minimum Gasteiger partial charge on any atom is -0.424 e. The molecule has 0 aliphatic rings. The van der Waals surface area contributed by atoms with Gasteiger partial charge in [-0.2, -0.15) is 20.5 Å². The Bertz CT molecular complexity index is 1010. The third kappa shape index (κ3) is 3.74. The number of benzene rings is 2. The number of aryl methyl sites for hydroxylation is 2. The lowest BCUT2D eigenvalue weighted by Gasteiger charge is -2.11. The molecule has 1 N–H and O–H groups in total. The summed E-state index contributed by atoms with van der Waals surface area (Å²) in [7, 11) is 0. The van der Waals surface area contributed by atoms with E-state index in [2.05, 4.69) is 32.4 Å². The number of nitriles is 2. The van der Waals surface area contributed by atoms with Gasteiger partial charge in [0.2, 0.25) is 5.95 Å². The second-order valence-corrected chi connectivity index (χ2v) is 5.56. The van der Waals surface area contributed by atoms with Crippen LogP contribution in [0, 0.1) is 36.5 Å². The summed E-state index contributed by atoms with van der Waals surface area (Å²) in [6, 6.07) is 14.7. The van der Waals surface area contributed by atoms with Crippen molar-refractivity contribution in [3.8, 4) is 23.9 Å². The molecule has 7 heteroatoms. The van der Waals surface area contributed by atoms with Gasteiger partial charge in [0.25, 0.3) is 0 Å². The van der Waals surface area contributed by atoms with Gasteiger partial charge in [0, 0.05) is 5.69 Å². The van der Waals surface area contributed by atoms with Gasteiger partial charge in [-0.3, -0.25) is 0 Å². The van der Waals surface area contributed by atoms with Crippen molar-refractivity contribution in [3.05, 3.63) is 65.0 Å². The van der Waals surface area contributed by atoms with Gasteiger partial charge < -0.3 is 10.1 Å². The Hall–Kier alpha value is -3.97. The van der Waals surface area contributed by atoms with E-state index in [0.29, 0.717) is 22.8 Å². The molecule has 0 saturated heterocycles. The zero-order valence-corrected chi connectivity index (χ0v) is 14.2. The maximum atomic E-state index is 9.03. The molecule has 0 amide bonds. The Kier molecular flexibility index (Phi) is 4.73. The van der Waals surface area contributed by atoms with Crippen LogP contribution < -0.4 is 10.1 Å². The number of rotatable bonds is 4. The smallest absolute Gasteiger partial charge is 0.326 e. The van der Waals surface area contributed by atoms with Crippen molar-refractivity contribution in [2.75, 3.05) is 5.32 Å². The van der Waals surface area contributed by atoms with Crippen molar-refractivity contribution >= 4 is 11.6 Å². The van der Waals surface area contributed by atoms with Crippen molar-refractivity contribution < 1.29 is 4.74 Å². The standard InChI is InChI=1S/C19H14N6O/c1-12-7-15(10-21)8-13(2)17(12)26-19-23-11-22-18(25-19)24-16-5-3-14(9-20)4-6-16/h3-8,11H,1-2H3,(H,22,23,24,25). The number of ether oxygens (including phenoxy) is 1. The lowest BCUT2D eigenvalue weighted by atomic mass is 10.1. The SMILES string of the molecule is Cc1cc(C#N)cc(C)c1Oc1ncnc(Nc2ccc(C#N)cc2)n1. The van der Waals surface area contributed by atoms with Crippen LogP contribution in [0.4, 0.5) is 11.6 Å². The molecule has 0 saturated carbocycles. The Balaban J connectivity index is 1.82. The molecule has 0 fully saturated rings. The Morgan fingerprint density at radius 1 is 0.923 bits per heavy atom. The van der Waals surface area contributed by atoms with E-state index in [1.807, 2.05) is 13.8 Å². The number of anilines is 2. The van der Waals surface area contributed by atoms with E-state index >= 15 is 0 Å². The van der Waals surface area contributed by atoms with Crippen molar-refractivity contribution in [2.45, 2.75) is 13.8 Å². The molecule has 2 aromatic carbocycles. The minimum atomic E-state index is 0.145. The van der Waals surface area contributed by atoms with Crippen LogP contribution >= 0.6 is 0 Å². The van der Waals surface area contributed by atoms with Gasteiger partial charge in [-0.05, 0) is 61.4 Å². The molecule has 0 aliphatic heterocycles. The first-order chi connectivity index (χ1) is 12.6. The molecule has 0 atom stereocenters. The summed E-state index contributed by atoms with van der Waals surface area (Å²) >= 11 is 0. The first kappa shape index (κ1) is 16.9. The molecule has 0 unspecified atom stereocenters. The molecular weight excluding hydrogens is 328 g/mol. The Labute approximate surface area is 150 Å². The van der Waals surface area contributed by atoms with Crippen LogP contribution in [-0.4, -0.2) is 15.0 Å². The van der Waals surface area contributed by atoms with Gasteiger partial charge in [0.05, 0.1) is 23.3 Å². The molecule has 3 aromatic rings. The summed E-state index contributed by atoms with van der Waals surface area (Å²) in [6.07, 6.45) is 1.35. The topological polar surface area (TPSA) is 108 Å². The third-order valence-electron chi connectivity index (χ3n) is 3.60. The van der Waals surface area contributed by atoms with Crippen LogP contribution in [0.2, 0.25) is 0 Å². The molecule has 0 bridgehead atoms. The fourth-order valence-corrected chi connectivity index (χ4v) is 2.41. The average Bonchev–Trinajstić information content (AvgIpc) is 2.65. The van der Waals surface area contributed by atoms with E-state index in [9.17, 15) is 0 Å². The molecule has 1 aromatic heterocycles. The van der Waals surface area contributed by atoms with Gasteiger partial charge in [-0.15, -0.1) is 0 Å². The van der Waals surface area contributed by atoms with Crippen LogP contribution in [-0.2, 0) is 0 Å². The monoisotopic (exact) mass is 342 g/mol. The normalized spacial score (nSPS) is 9.85. The summed E-state index contributed by atoms with van der Waals surface area (Å²) in [5, 5.41) is 20.9. The average molecular weight is 342 g/mol. The highest BCUT2D eigenvalue weighted by Crippen LogP contribution is 2.28. The molecular formula is C19H14N6O. The number of hydrogen-bond donors (Lipinski definition) is 1. The van der Waals surface area contributed by atoms with Gasteiger partial charge >= 0.3 is 6.01 Å². The van der Waals surface area contributed by atoms with Crippen LogP contribution in [0.15, 0.2) is 42.7 Å².